The molecule has 9 heteroatoms. The lowest BCUT2D eigenvalue weighted by atomic mass is 10.2. The molecule has 3 aromatic heterocycles. The van der Waals surface area contributed by atoms with E-state index >= 15 is 0 Å². The Bertz CT molecular complexity index is 1060. The SMILES string of the molecule is FC(F)(F)Oc1ccc(Nc2cc(-c3ccccn3)nc(-c3ccccn3)n2)cc1. The number of alkyl halides is 3. The van der Waals surface area contributed by atoms with Gasteiger partial charge in [-0.05, 0) is 48.5 Å². The monoisotopic (exact) mass is 409 g/mol. The number of hydrogen-bond donors (Lipinski definition) is 1. The van der Waals surface area contributed by atoms with E-state index in [2.05, 4.69) is 30.0 Å². The van der Waals surface area contributed by atoms with Gasteiger partial charge in [0, 0.05) is 24.1 Å². The van der Waals surface area contributed by atoms with Gasteiger partial charge < -0.3 is 10.1 Å². The minimum absolute atomic E-state index is 0.306. The Balaban J connectivity index is 1.67. The fraction of sp³-hybridized carbons (Fsp3) is 0.0476. The molecule has 0 aliphatic rings. The highest BCUT2D eigenvalue weighted by molar-refractivity contribution is 5.67. The summed E-state index contributed by atoms with van der Waals surface area (Å²) in [4.78, 5) is 17.6. The molecule has 0 radical (unpaired) electrons. The third kappa shape index (κ3) is 4.88. The Morgan fingerprint density at radius 2 is 1.40 bits per heavy atom. The summed E-state index contributed by atoms with van der Waals surface area (Å²) in [5, 5.41) is 3.07. The van der Waals surface area contributed by atoms with E-state index in [1.165, 1.54) is 24.3 Å². The van der Waals surface area contributed by atoms with Gasteiger partial charge in [0.15, 0.2) is 5.82 Å². The van der Waals surface area contributed by atoms with E-state index in [0.717, 1.165) is 0 Å². The lowest BCUT2D eigenvalue weighted by Gasteiger charge is -2.11. The first kappa shape index (κ1) is 19.3. The summed E-state index contributed by atoms with van der Waals surface area (Å²) in [5.74, 6) is 0.521. The van der Waals surface area contributed by atoms with Gasteiger partial charge in [0.1, 0.15) is 17.3 Å². The van der Waals surface area contributed by atoms with E-state index in [0.29, 0.717) is 34.4 Å². The molecule has 3 heterocycles. The van der Waals surface area contributed by atoms with Gasteiger partial charge in [-0.25, -0.2) is 9.97 Å². The van der Waals surface area contributed by atoms with E-state index < -0.39 is 6.36 Å². The van der Waals surface area contributed by atoms with Crippen molar-refractivity contribution in [2.75, 3.05) is 5.32 Å². The highest BCUT2D eigenvalue weighted by Crippen LogP contribution is 2.27. The molecular formula is C21H14F3N5O. The van der Waals surface area contributed by atoms with Crippen molar-refractivity contribution in [3.05, 3.63) is 79.1 Å². The lowest BCUT2D eigenvalue weighted by molar-refractivity contribution is -0.274. The molecular weight excluding hydrogens is 395 g/mol. The number of ether oxygens (including phenoxy) is 1. The first-order valence-electron chi connectivity index (χ1n) is 8.81. The van der Waals surface area contributed by atoms with Gasteiger partial charge in [0.05, 0.1) is 11.4 Å². The van der Waals surface area contributed by atoms with Crippen molar-refractivity contribution in [2.45, 2.75) is 6.36 Å². The van der Waals surface area contributed by atoms with Gasteiger partial charge in [-0.15, -0.1) is 13.2 Å². The molecule has 1 aromatic carbocycles. The molecule has 0 fully saturated rings. The number of hydrogen-bond acceptors (Lipinski definition) is 6. The Morgan fingerprint density at radius 3 is 2.00 bits per heavy atom. The van der Waals surface area contributed by atoms with Gasteiger partial charge in [-0.2, -0.15) is 0 Å². The van der Waals surface area contributed by atoms with Crippen LogP contribution in [0.2, 0.25) is 0 Å². The molecule has 150 valence electrons. The maximum absolute atomic E-state index is 12.3. The van der Waals surface area contributed by atoms with Crippen molar-refractivity contribution in [3.63, 3.8) is 0 Å². The van der Waals surface area contributed by atoms with Crippen molar-refractivity contribution in [2.24, 2.45) is 0 Å². The molecule has 0 spiro atoms. The average Bonchev–Trinajstić information content (AvgIpc) is 2.75. The highest BCUT2D eigenvalue weighted by Gasteiger charge is 2.30. The Hall–Kier alpha value is -4.01. The third-order valence-electron chi connectivity index (χ3n) is 3.91. The van der Waals surface area contributed by atoms with Crippen molar-refractivity contribution < 1.29 is 17.9 Å². The van der Waals surface area contributed by atoms with Crippen LogP contribution in [0.4, 0.5) is 24.7 Å². The number of pyridine rings is 2. The Kier molecular flexibility index (Phi) is 5.25. The highest BCUT2D eigenvalue weighted by atomic mass is 19.4. The third-order valence-corrected chi connectivity index (χ3v) is 3.91. The summed E-state index contributed by atoms with van der Waals surface area (Å²) in [6.45, 7) is 0. The van der Waals surface area contributed by atoms with E-state index in [1.807, 2.05) is 18.2 Å². The predicted octanol–water partition coefficient (Wildman–Crippen LogP) is 5.24. The topological polar surface area (TPSA) is 72.8 Å². The number of rotatable bonds is 5. The first-order valence-corrected chi connectivity index (χ1v) is 8.81. The van der Waals surface area contributed by atoms with Crippen LogP contribution < -0.4 is 10.1 Å². The van der Waals surface area contributed by atoms with Gasteiger partial charge in [-0.1, -0.05) is 12.1 Å². The molecule has 0 bridgehead atoms. The Morgan fingerprint density at radius 1 is 0.733 bits per heavy atom. The lowest BCUT2D eigenvalue weighted by Crippen LogP contribution is -2.16. The first-order chi connectivity index (χ1) is 14.5. The molecule has 0 saturated heterocycles. The van der Waals surface area contributed by atoms with Crippen molar-refractivity contribution in [1.29, 1.82) is 0 Å². The summed E-state index contributed by atoms with van der Waals surface area (Å²) < 4.78 is 40.9. The summed E-state index contributed by atoms with van der Waals surface area (Å²) in [5.41, 5.74) is 2.33. The van der Waals surface area contributed by atoms with Crippen molar-refractivity contribution in [1.82, 2.24) is 19.9 Å². The van der Waals surface area contributed by atoms with Crippen LogP contribution >= 0.6 is 0 Å². The smallest absolute Gasteiger partial charge is 0.406 e. The average molecular weight is 409 g/mol. The number of benzene rings is 1. The van der Waals surface area contributed by atoms with Gasteiger partial charge in [0.25, 0.3) is 0 Å². The second kappa shape index (κ2) is 8.16. The molecule has 0 saturated carbocycles. The standard InChI is InChI=1S/C21H14F3N5O/c22-21(23,24)30-15-9-7-14(8-10-15)27-19-13-18(16-5-1-3-11-25-16)28-20(29-19)17-6-2-4-12-26-17/h1-13H,(H,27,28,29). The van der Waals surface area contributed by atoms with Gasteiger partial charge in [0.2, 0.25) is 0 Å². The fourth-order valence-corrected chi connectivity index (χ4v) is 2.65. The van der Waals surface area contributed by atoms with Gasteiger partial charge in [-0.3, -0.25) is 9.97 Å². The van der Waals surface area contributed by atoms with Crippen molar-refractivity contribution >= 4 is 11.5 Å². The number of halogens is 3. The van der Waals surface area contributed by atoms with Crippen LogP contribution in [0.25, 0.3) is 22.9 Å². The van der Waals surface area contributed by atoms with E-state index in [1.54, 1.807) is 36.7 Å². The predicted molar refractivity (Wildman–Crippen MR) is 105 cm³/mol. The van der Waals surface area contributed by atoms with Gasteiger partial charge >= 0.3 is 6.36 Å². The molecule has 4 rings (SSSR count). The van der Waals surface area contributed by atoms with Crippen LogP contribution in [0, 0.1) is 0 Å². The molecule has 4 aromatic rings. The van der Waals surface area contributed by atoms with E-state index in [-0.39, 0.29) is 5.75 Å². The van der Waals surface area contributed by atoms with Crippen LogP contribution in [0.3, 0.4) is 0 Å². The zero-order valence-corrected chi connectivity index (χ0v) is 15.3. The minimum atomic E-state index is -4.74. The van der Waals surface area contributed by atoms with E-state index in [4.69, 9.17) is 0 Å². The second-order valence-electron chi connectivity index (χ2n) is 6.09. The molecule has 0 atom stereocenters. The molecule has 0 amide bonds. The normalized spacial score (nSPS) is 11.2. The minimum Gasteiger partial charge on any atom is -0.406 e. The van der Waals surface area contributed by atoms with Crippen LogP contribution in [-0.4, -0.2) is 26.3 Å². The largest absolute Gasteiger partial charge is 0.573 e. The fourth-order valence-electron chi connectivity index (χ4n) is 2.65. The zero-order valence-electron chi connectivity index (χ0n) is 15.3. The molecule has 0 aliphatic heterocycles. The summed E-state index contributed by atoms with van der Waals surface area (Å²) in [6, 6.07) is 17.9. The summed E-state index contributed by atoms with van der Waals surface area (Å²) >= 11 is 0. The maximum atomic E-state index is 12.3. The number of anilines is 2. The maximum Gasteiger partial charge on any atom is 0.573 e. The van der Waals surface area contributed by atoms with Crippen LogP contribution in [0.15, 0.2) is 79.1 Å². The quantitative estimate of drug-likeness (QED) is 0.486. The number of nitrogens with one attached hydrogen (secondary N) is 1. The molecule has 1 N–H and O–H groups in total. The molecule has 0 unspecified atom stereocenters. The number of aromatic nitrogens is 4. The number of nitrogens with zero attached hydrogens (tertiary/aromatic N) is 4. The van der Waals surface area contributed by atoms with Crippen LogP contribution in [-0.2, 0) is 0 Å². The molecule has 30 heavy (non-hydrogen) atoms. The molecule has 6 nitrogen and oxygen atoms in total. The zero-order chi connectivity index (χ0) is 21.0. The Labute approximate surface area is 169 Å². The van der Waals surface area contributed by atoms with Crippen LogP contribution in [0.5, 0.6) is 5.75 Å². The summed E-state index contributed by atoms with van der Waals surface area (Å²) in [6.07, 6.45) is -1.44. The summed E-state index contributed by atoms with van der Waals surface area (Å²) in [7, 11) is 0. The van der Waals surface area contributed by atoms with E-state index in [9.17, 15) is 13.2 Å². The van der Waals surface area contributed by atoms with Crippen molar-refractivity contribution in [3.8, 4) is 28.7 Å². The second-order valence-corrected chi connectivity index (χ2v) is 6.09. The van der Waals surface area contributed by atoms with Crippen LogP contribution in [0.1, 0.15) is 0 Å². The molecule has 0 aliphatic carbocycles.